The topological polar surface area (TPSA) is 144 Å². The molecule has 0 atom stereocenters. The van der Waals surface area contributed by atoms with E-state index in [0.717, 1.165) is 0 Å². The van der Waals surface area contributed by atoms with E-state index >= 15 is 0 Å². The van der Waals surface area contributed by atoms with Crippen molar-refractivity contribution in [1.29, 1.82) is 0 Å². The van der Waals surface area contributed by atoms with Crippen molar-refractivity contribution < 1.29 is 13.2 Å². The van der Waals surface area contributed by atoms with Gasteiger partial charge in [0.2, 0.25) is 10.0 Å². The lowest BCUT2D eigenvalue weighted by atomic mass is 10.3. The molecule has 0 spiro atoms. The lowest BCUT2D eigenvalue weighted by Gasteiger charge is -2.05. The molecule has 8 nitrogen and oxygen atoms in total. The SMILES string of the molecule is Nc1cn[nH]c1C(=O)Nc1cccc(S(N)(=O)=O)c1. The van der Waals surface area contributed by atoms with Crippen LogP contribution in [-0.2, 0) is 10.0 Å². The van der Waals surface area contributed by atoms with Gasteiger partial charge < -0.3 is 11.1 Å². The second-order valence-electron chi connectivity index (χ2n) is 3.73. The van der Waals surface area contributed by atoms with E-state index in [1.54, 1.807) is 0 Å². The molecule has 0 saturated carbocycles. The van der Waals surface area contributed by atoms with Crippen LogP contribution in [0.2, 0.25) is 0 Å². The number of nitrogens with one attached hydrogen (secondary N) is 2. The number of nitrogens with two attached hydrogens (primary N) is 2. The molecule has 2 aromatic rings. The molecule has 0 aliphatic rings. The van der Waals surface area contributed by atoms with E-state index in [1.807, 2.05) is 0 Å². The number of carbonyl (C=O) groups is 1. The van der Waals surface area contributed by atoms with Gasteiger partial charge in [0.15, 0.2) is 0 Å². The molecule has 0 unspecified atom stereocenters. The molecule has 1 heterocycles. The number of anilines is 2. The molecule has 2 rings (SSSR count). The maximum atomic E-state index is 11.8. The smallest absolute Gasteiger partial charge is 0.275 e. The average molecular weight is 281 g/mol. The van der Waals surface area contributed by atoms with Gasteiger partial charge in [-0.1, -0.05) is 6.07 Å². The van der Waals surface area contributed by atoms with Gasteiger partial charge in [0.1, 0.15) is 5.69 Å². The highest BCUT2D eigenvalue weighted by Crippen LogP contribution is 2.16. The van der Waals surface area contributed by atoms with Crippen LogP contribution in [0.1, 0.15) is 10.5 Å². The number of nitrogen functional groups attached to an aromatic ring is 1. The first kappa shape index (κ1) is 13.1. The van der Waals surface area contributed by atoms with Gasteiger partial charge in [0.25, 0.3) is 5.91 Å². The van der Waals surface area contributed by atoms with E-state index in [0.29, 0.717) is 0 Å². The fourth-order valence-electron chi connectivity index (χ4n) is 1.42. The maximum Gasteiger partial charge on any atom is 0.275 e. The molecule has 1 amide bonds. The molecule has 6 N–H and O–H groups in total. The van der Waals surface area contributed by atoms with Crippen molar-refractivity contribution in [3.8, 4) is 0 Å². The quantitative estimate of drug-likeness (QED) is 0.620. The third-order valence-electron chi connectivity index (χ3n) is 2.32. The minimum Gasteiger partial charge on any atom is -0.396 e. The van der Waals surface area contributed by atoms with Crippen LogP contribution in [0.3, 0.4) is 0 Å². The Morgan fingerprint density at radius 2 is 2.11 bits per heavy atom. The predicted octanol–water partition coefficient (Wildman–Crippen LogP) is -0.108. The molecule has 0 bridgehead atoms. The highest BCUT2D eigenvalue weighted by molar-refractivity contribution is 7.89. The normalized spacial score (nSPS) is 11.2. The number of amides is 1. The molecule has 1 aromatic heterocycles. The molecule has 9 heteroatoms. The Bertz CT molecular complexity index is 722. The van der Waals surface area contributed by atoms with Gasteiger partial charge >= 0.3 is 0 Å². The number of sulfonamides is 1. The van der Waals surface area contributed by atoms with Crippen molar-refractivity contribution in [2.75, 3.05) is 11.1 Å². The maximum absolute atomic E-state index is 11.8. The number of hydrogen-bond donors (Lipinski definition) is 4. The Kier molecular flexibility index (Phi) is 3.23. The monoisotopic (exact) mass is 281 g/mol. The molecule has 0 saturated heterocycles. The summed E-state index contributed by atoms with van der Waals surface area (Å²) < 4.78 is 22.4. The fraction of sp³-hybridized carbons (Fsp3) is 0. The summed E-state index contributed by atoms with van der Waals surface area (Å²) in [6, 6.07) is 5.57. The standard InChI is InChI=1S/C10H11N5O3S/c11-8-5-13-15-9(8)10(16)14-6-2-1-3-7(4-6)19(12,17)18/h1-5H,11H2,(H,13,15)(H,14,16)(H2,12,17,18). The number of carbonyl (C=O) groups excluding carboxylic acids is 1. The molecule has 100 valence electrons. The van der Waals surface area contributed by atoms with Crippen LogP contribution in [0.4, 0.5) is 11.4 Å². The highest BCUT2D eigenvalue weighted by atomic mass is 32.2. The molecular formula is C10H11N5O3S. The van der Waals surface area contributed by atoms with Gasteiger partial charge in [-0.05, 0) is 18.2 Å². The van der Waals surface area contributed by atoms with Gasteiger partial charge in [-0.2, -0.15) is 5.10 Å². The highest BCUT2D eigenvalue weighted by Gasteiger charge is 2.13. The second-order valence-corrected chi connectivity index (χ2v) is 5.29. The van der Waals surface area contributed by atoms with Crippen molar-refractivity contribution in [3.63, 3.8) is 0 Å². The lowest BCUT2D eigenvalue weighted by molar-refractivity contribution is 0.102. The Hall–Kier alpha value is -2.39. The van der Waals surface area contributed by atoms with Crippen LogP contribution in [0, 0.1) is 0 Å². The first-order valence-corrected chi connectivity index (χ1v) is 6.65. The summed E-state index contributed by atoms with van der Waals surface area (Å²) >= 11 is 0. The molecular weight excluding hydrogens is 270 g/mol. The Balaban J connectivity index is 2.25. The Morgan fingerprint density at radius 1 is 1.37 bits per heavy atom. The van der Waals surface area contributed by atoms with Gasteiger partial charge in [0, 0.05) is 5.69 Å². The Morgan fingerprint density at radius 3 is 2.68 bits per heavy atom. The summed E-state index contributed by atoms with van der Waals surface area (Å²) in [5.74, 6) is -0.526. The van der Waals surface area contributed by atoms with Crippen LogP contribution >= 0.6 is 0 Å². The molecule has 19 heavy (non-hydrogen) atoms. The van der Waals surface area contributed by atoms with E-state index in [4.69, 9.17) is 10.9 Å². The zero-order valence-corrected chi connectivity index (χ0v) is 10.4. The van der Waals surface area contributed by atoms with Crippen molar-refractivity contribution in [2.24, 2.45) is 5.14 Å². The zero-order valence-electron chi connectivity index (χ0n) is 9.62. The second kappa shape index (κ2) is 4.71. The summed E-state index contributed by atoms with van der Waals surface area (Å²) in [6.07, 6.45) is 1.30. The largest absolute Gasteiger partial charge is 0.396 e. The number of nitrogens with zero attached hydrogens (tertiary/aromatic N) is 1. The molecule has 0 fully saturated rings. The predicted molar refractivity (Wildman–Crippen MR) is 68.8 cm³/mol. The van der Waals surface area contributed by atoms with Crippen molar-refractivity contribution >= 4 is 27.3 Å². The summed E-state index contributed by atoms with van der Waals surface area (Å²) in [5, 5.41) is 13.5. The van der Waals surface area contributed by atoms with Gasteiger partial charge in [-0.15, -0.1) is 0 Å². The number of benzene rings is 1. The van der Waals surface area contributed by atoms with E-state index in [-0.39, 0.29) is 22.0 Å². The number of rotatable bonds is 3. The third kappa shape index (κ3) is 2.89. The van der Waals surface area contributed by atoms with Crippen molar-refractivity contribution in [2.45, 2.75) is 4.90 Å². The van der Waals surface area contributed by atoms with Crippen LogP contribution in [-0.4, -0.2) is 24.5 Å². The van der Waals surface area contributed by atoms with Crippen LogP contribution in [0.15, 0.2) is 35.4 Å². The molecule has 1 aromatic carbocycles. The van der Waals surface area contributed by atoms with E-state index in [2.05, 4.69) is 15.5 Å². The minimum atomic E-state index is -3.82. The lowest BCUT2D eigenvalue weighted by Crippen LogP contribution is -2.16. The third-order valence-corrected chi connectivity index (χ3v) is 3.23. The number of hydrogen-bond acceptors (Lipinski definition) is 5. The summed E-state index contributed by atoms with van der Waals surface area (Å²) in [7, 11) is -3.82. The van der Waals surface area contributed by atoms with E-state index < -0.39 is 15.9 Å². The number of aromatic amines is 1. The minimum absolute atomic E-state index is 0.0946. The van der Waals surface area contributed by atoms with Crippen LogP contribution in [0.5, 0.6) is 0 Å². The van der Waals surface area contributed by atoms with E-state index in [1.165, 1.54) is 30.5 Å². The molecule has 0 aliphatic carbocycles. The average Bonchev–Trinajstić information content (AvgIpc) is 2.75. The summed E-state index contributed by atoms with van der Waals surface area (Å²) in [4.78, 5) is 11.7. The van der Waals surface area contributed by atoms with Gasteiger partial charge in [-0.25, -0.2) is 13.6 Å². The molecule has 0 radical (unpaired) electrons. The summed E-state index contributed by atoms with van der Waals surface area (Å²) in [5.41, 5.74) is 6.10. The first-order chi connectivity index (χ1) is 8.88. The van der Waals surface area contributed by atoms with Gasteiger partial charge in [-0.3, -0.25) is 9.89 Å². The molecule has 0 aliphatic heterocycles. The number of primary sulfonamides is 1. The van der Waals surface area contributed by atoms with E-state index in [9.17, 15) is 13.2 Å². The number of aromatic nitrogens is 2. The first-order valence-electron chi connectivity index (χ1n) is 5.11. The summed E-state index contributed by atoms with van der Waals surface area (Å²) in [6.45, 7) is 0. The van der Waals surface area contributed by atoms with Crippen molar-refractivity contribution in [1.82, 2.24) is 10.2 Å². The van der Waals surface area contributed by atoms with Crippen LogP contribution in [0.25, 0.3) is 0 Å². The Labute approximate surface area is 108 Å². The zero-order chi connectivity index (χ0) is 14.0. The van der Waals surface area contributed by atoms with Crippen LogP contribution < -0.4 is 16.2 Å². The number of H-pyrrole nitrogens is 1. The van der Waals surface area contributed by atoms with Gasteiger partial charge in [0.05, 0.1) is 16.8 Å². The fourth-order valence-corrected chi connectivity index (χ4v) is 1.98. The van der Waals surface area contributed by atoms with Crippen molar-refractivity contribution in [3.05, 3.63) is 36.2 Å².